The maximum absolute atomic E-state index is 13.6. The summed E-state index contributed by atoms with van der Waals surface area (Å²) in [4.78, 5) is 16.0. The predicted molar refractivity (Wildman–Crippen MR) is 84.9 cm³/mol. The van der Waals surface area contributed by atoms with Gasteiger partial charge in [0.25, 0.3) is 0 Å². The van der Waals surface area contributed by atoms with Crippen LogP contribution < -0.4 is 10.1 Å². The number of carbonyl (C=O) groups is 1. The number of hydrogen-bond acceptors (Lipinski definition) is 4. The van der Waals surface area contributed by atoms with Gasteiger partial charge >= 0.3 is 0 Å². The van der Waals surface area contributed by atoms with Gasteiger partial charge in [-0.25, -0.2) is 13.8 Å². The number of benzene rings is 2. The van der Waals surface area contributed by atoms with Crippen molar-refractivity contribution in [1.82, 2.24) is 4.98 Å². The number of hydrogen-bond donors (Lipinski definition) is 1. The molecule has 0 unspecified atom stereocenters. The Morgan fingerprint density at radius 1 is 1.30 bits per heavy atom. The Balaban J connectivity index is 1.76. The minimum atomic E-state index is -0.746. The lowest BCUT2D eigenvalue weighted by Crippen LogP contribution is -2.14. The Labute approximate surface area is 134 Å². The Morgan fingerprint density at radius 3 is 2.91 bits per heavy atom. The first-order valence-electron chi connectivity index (χ1n) is 6.73. The SMILES string of the molecule is COc1cccc(CC(=O)Nc2nc3c(F)cc(F)cc3s2)c1. The quantitative estimate of drug-likeness (QED) is 0.790. The lowest BCUT2D eigenvalue weighted by atomic mass is 10.1. The van der Waals surface area contributed by atoms with E-state index in [-0.39, 0.29) is 23.0 Å². The topological polar surface area (TPSA) is 51.2 Å². The molecule has 0 fully saturated rings. The van der Waals surface area contributed by atoms with E-state index in [2.05, 4.69) is 10.3 Å². The van der Waals surface area contributed by atoms with Crippen molar-refractivity contribution in [2.75, 3.05) is 12.4 Å². The Morgan fingerprint density at radius 2 is 2.13 bits per heavy atom. The third kappa shape index (κ3) is 3.45. The number of carbonyl (C=O) groups excluding carboxylic acids is 1. The van der Waals surface area contributed by atoms with Crippen LogP contribution in [0.15, 0.2) is 36.4 Å². The maximum Gasteiger partial charge on any atom is 0.230 e. The summed E-state index contributed by atoms with van der Waals surface area (Å²) in [7, 11) is 1.55. The highest BCUT2D eigenvalue weighted by Crippen LogP contribution is 2.28. The van der Waals surface area contributed by atoms with Gasteiger partial charge in [0.05, 0.1) is 18.2 Å². The number of fused-ring (bicyclic) bond motifs is 1. The zero-order chi connectivity index (χ0) is 16.4. The summed E-state index contributed by atoms with van der Waals surface area (Å²) in [5.74, 6) is -1.05. The van der Waals surface area contributed by atoms with E-state index in [4.69, 9.17) is 4.74 Å². The van der Waals surface area contributed by atoms with Gasteiger partial charge in [0, 0.05) is 6.07 Å². The summed E-state index contributed by atoms with van der Waals surface area (Å²) < 4.78 is 32.2. The van der Waals surface area contributed by atoms with E-state index < -0.39 is 11.6 Å². The van der Waals surface area contributed by atoms with Crippen LogP contribution in [0.25, 0.3) is 10.2 Å². The second-order valence-corrected chi connectivity index (χ2v) is 5.86. The number of nitrogens with zero attached hydrogens (tertiary/aromatic N) is 1. The Hall–Kier alpha value is -2.54. The second-order valence-electron chi connectivity index (χ2n) is 4.83. The number of amides is 1. The molecule has 0 aliphatic carbocycles. The number of anilines is 1. The normalized spacial score (nSPS) is 10.7. The minimum Gasteiger partial charge on any atom is -0.497 e. The third-order valence-corrected chi connectivity index (χ3v) is 4.08. The molecule has 0 aliphatic rings. The van der Waals surface area contributed by atoms with Gasteiger partial charge in [-0.15, -0.1) is 0 Å². The van der Waals surface area contributed by atoms with Crippen LogP contribution in [-0.2, 0) is 11.2 Å². The van der Waals surface area contributed by atoms with Crippen LogP contribution in [0.5, 0.6) is 5.75 Å². The van der Waals surface area contributed by atoms with Crippen molar-refractivity contribution in [3.05, 3.63) is 53.6 Å². The molecule has 0 atom stereocenters. The zero-order valence-corrected chi connectivity index (χ0v) is 12.9. The first-order chi connectivity index (χ1) is 11.0. The number of thiazole rings is 1. The lowest BCUT2D eigenvalue weighted by Gasteiger charge is -2.04. The largest absolute Gasteiger partial charge is 0.497 e. The molecule has 118 valence electrons. The summed E-state index contributed by atoms with van der Waals surface area (Å²) in [6.07, 6.45) is 0.129. The number of ether oxygens (including phenoxy) is 1. The van der Waals surface area contributed by atoms with Gasteiger partial charge in [0.1, 0.15) is 17.1 Å². The average molecular weight is 334 g/mol. The molecule has 0 aliphatic heterocycles. The van der Waals surface area contributed by atoms with E-state index in [0.717, 1.165) is 23.0 Å². The minimum absolute atomic E-state index is 0.0491. The predicted octanol–water partition coefficient (Wildman–Crippen LogP) is 3.76. The third-order valence-electron chi connectivity index (χ3n) is 3.16. The molecule has 2 aromatic carbocycles. The molecule has 4 nitrogen and oxygen atoms in total. The maximum atomic E-state index is 13.6. The smallest absolute Gasteiger partial charge is 0.230 e. The molecule has 23 heavy (non-hydrogen) atoms. The van der Waals surface area contributed by atoms with Crippen LogP contribution in [0.3, 0.4) is 0 Å². The van der Waals surface area contributed by atoms with Crippen LogP contribution >= 0.6 is 11.3 Å². The molecule has 0 saturated heterocycles. The first kappa shape index (κ1) is 15.4. The summed E-state index contributed by atoms with van der Waals surface area (Å²) >= 11 is 1.02. The second kappa shape index (κ2) is 6.29. The zero-order valence-electron chi connectivity index (χ0n) is 12.1. The van der Waals surface area contributed by atoms with E-state index in [1.54, 1.807) is 31.4 Å². The van der Waals surface area contributed by atoms with Gasteiger partial charge in [-0.3, -0.25) is 4.79 Å². The van der Waals surface area contributed by atoms with E-state index >= 15 is 0 Å². The van der Waals surface area contributed by atoms with Gasteiger partial charge in [-0.1, -0.05) is 23.5 Å². The number of methoxy groups -OCH3 is 1. The Bertz CT molecular complexity index is 880. The van der Waals surface area contributed by atoms with Crippen molar-refractivity contribution in [2.45, 2.75) is 6.42 Å². The summed E-state index contributed by atoms with van der Waals surface area (Å²) in [5, 5.41) is 2.84. The van der Waals surface area contributed by atoms with E-state index in [9.17, 15) is 13.6 Å². The van der Waals surface area contributed by atoms with Crippen molar-refractivity contribution in [3.8, 4) is 5.75 Å². The van der Waals surface area contributed by atoms with Crippen LogP contribution in [0.4, 0.5) is 13.9 Å². The fourth-order valence-electron chi connectivity index (χ4n) is 2.14. The summed E-state index contributed by atoms with van der Waals surface area (Å²) in [6.45, 7) is 0. The van der Waals surface area contributed by atoms with E-state index in [1.165, 1.54) is 6.07 Å². The van der Waals surface area contributed by atoms with Gasteiger partial charge < -0.3 is 10.1 Å². The standard InChI is InChI=1S/C16H12F2N2O2S/c1-22-11-4-2-3-9(5-11)6-14(21)19-16-20-15-12(18)7-10(17)8-13(15)23-16/h2-5,7-8H,6H2,1H3,(H,19,20,21). The molecule has 1 heterocycles. The van der Waals surface area contributed by atoms with E-state index in [0.29, 0.717) is 10.4 Å². The van der Waals surface area contributed by atoms with Gasteiger partial charge in [-0.2, -0.15) is 0 Å². The molecule has 1 aromatic heterocycles. The molecule has 3 aromatic rings. The highest BCUT2D eigenvalue weighted by molar-refractivity contribution is 7.22. The van der Waals surface area contributed by atoms with Crippen molar-refractivity contribution in [3.63, 3.8) is 0 Å². The number of rotatable bonds is 4. The molecule has 3 rings (SSSR count). The molecule has 0 bridgehead atoms. The molecule has 7 heteroatoms. The van der Waals surface area contributed by atoms with Crippen molar-refractivity contribution >= 4 is 32.6 Å². The highest BCUT2D eigenvalue weighted by Gasteiger charge is 2.13. The van der Waals surface area contributed by atoms with Crippen molar-refractivity contribution < 1.29 is 18.3 Å². The Kier molecular flexibility index (Phi) is 4.20. The van der Waals surface area contributed by atoms with Crippen molar-refractivity contribution in [1.29, 1.82) is 0 Å². The molecule has 0 radical (unpaired) electrons. The number of aromatic nitrogens is 1. The molecular weight excluding hydrogens is 322 g/mol. The molecular formula is C16H12F2N2O2S. The summed E-state index contributed by atoms with van der Waals surface area (Å²) in [5.41, 5.74) is 0.827. The monoisotopic (exact) mass is 334 g/mol. The van der Waals surface area contributed by atoms with Crippen LogP contribution in [-0.4, -0.2) is 18.0 Å². The fourth-order valence-corrected chi connectivity index (χ4v) is 3.06. The molecule has 1 N–H and O–H groups in total. The lowest BCUT2D eigenvalue weighted by molar-refractivity contribution is -0.115. The van der Waals surface area contributed by atoms with Gasteiger partial charge in [0.15, 0.2) is 10.9 Å². The van der Waals surface area contributed by atoms with Gasteiger partial charge in [-0.05, 0) is 23.8 Å². The first-order valence-corrected chi connectivity index (χ1v) is 7.55. The molecule has 1 amide bonds. The fraction of sp³-hybridized carbons (Fsp3) is 0.125. The number of nitrogens with one attached hydrogen (secondary N) is 1. The van der Waals surface area contributed by atoms with Crippen LogP contribution in [0, 0.1) is 11.6 Å². The van der Waals surface area contributed by atoms with Gasteiger partial charge in [0.2, 0.25) is 5.91 Å². The average Bonchev–Trinajstić information content (AvgIpc) is 2.89. The van der Waals surface area contributed by atoms with E-state index in [1.807, 2.05) is 0 Å². The molecule has 0 saturated carbocycles. The molecule has 0 spiro atoms. The van der Waals surface area contributed by atoms with Crippen molar-refractivity contribution in [2.24, 2.45) is 0 Å². The highest BCUT2D eigenvalue weighted by atomic mass is 32.1. The van der Waals surface area contributed by atoms with Crippen LogP contribution in [0.1, 0.15) is 5.56 Å². The number of halogens is 2. The van der Waals surface area contributed by atoms with Crippen LogP contribution in [0.2, 0.25) is 0 Å². The summed E-state index contributed by atoms with van der Waals surface area (Å²) in [6, 6.07) is 9.09.